The highest BCUT2D eigenvalue weighted by atomic mass is 16.5. The quantitative estimate of drug-likeness (QED) is 0.635. The van der Waals surface area contributed by atoms with Crippen molar-refractivity contribution in [2.75, 3.05) is 13.2 Å². The number of benzene rings is 1. The summed E-state index contributed by atoms with van der Waals surface area (Å²) in [7, 11) is 0. The lowest BCUT2D eigenvalue weighted by atomic mass is 9.83. The average molecular weight is 334 g/mol. The van der Waals surface area contributed by atoms with E-state index in [0.717, 1.165) is 0 Å². The van der Waals surface area contributed by atoms with Gasteiger partial charge in [-0.25, -0.2) is 9.59 Å². The van der Waals surface area contributed by atoms with Gasteiger partial charge in [0.05, 0.1) is 36.9 Å². The maximum absolute atomic E-state index is 11.7. The molecule has 0 spiro atoms. The first-order chi connectivity index (χ1) is 11.3. The predicted octanol–water partition coefficient (Wildman–Crippen LogP) is 3.61. The second-order valence-electron chi connectivity index (χ2n) is 5.40. The number of carboxylic acid groups (broad SMARTS) is 2. The van der Waals surface area contributed by atoms with Gasteiger partial charge in [-0.05, 0) is 17.2 Å². The predicted molar refractivity (Wildman–Crippen MR) is 89.5 cm³/mol. The average Bonchev–Trinajstić information content (AvgIpc) is 2.55. The molecule has 2 unspecified atom stereocenters. The molecule has 0 radical (unpaired) electrons. The SMILES string of the molecule is C=COCC(C)c1ccc(C(=O)O)c(C(=O)O)c1C(C)COC=C. The van der Waals surface area contributed by atoms with Crippen LogP contribution in [0.3, 0.4) is 0 Å². The van der Waals surface area contributed by atoms with Crippen molar-refractivity contribution in [1.29, 1.82) is 0 Å². The third kappa shape index (κ3) is 4.38. The fourth-order valence-electron chi connectivity index (χ4n) is 2.60. The van der Waals surface area contributed by atoms with Crippen LogP contribution in [0.15, 0.2) is 37.8 Å². The van der Waals surface area contributed by atoms with Crippen molar-refractivity contribution in [2.24, 2.45) is 0 Å². The van der Waals surface area contributed by atoms with Gasteiger partial charge in [-0.2, -0.15) is 0 Å². The molecule has 2 atom stereocenters. The maximum atomic E-state index is 11.7. The van der Waals surface area contributed by atoms with Crippen molar-refractivity contribution >= 4 is 11.9 Å². The highest BCUT2D eigenvalue weighted by Gasteiger charge is 2.28. The minimum absolute atomic E-state index is 0.148. The monoisotopic (exact) mass is 334 g/mol. The van der Waals surface area contributed by atoms with Crippen molar-refractivity contribution in [3.05, 3.63) is 60.1 Å². The van der Waals surface area contributed by atoms with Gasteiger partial charge < -0.3 is 19.7 Å². The molecule has 0 heterocycles. The Labute approximate surface area is 141 Å². The van der Waals surface area contributed by atoms with Crippen LogP contribution in [-0.4, -0.2) is 35.4 Å². The van der Waals surface area contributed by atoms with E-state index in [1.165, 1.54) is 18.6 Å². The molecular weight excluding hydrogens is 312 g/mol. The summed E-state index contributed by atoms with van der Waals surface area (Å²) in [5.74, 6) is -3.06. The number of hydrogen-bond donors (Lipinski definition) is 2. The Morgan fingerprint density at radius 1 is 1.04 bits per heavy atom. The van der Waals surface area contributed by atoms with Crippen LogP contribution in [0.1, 0.15) is 57.5 Å². The molecule has 0 aromatic heterocycles. The molecule has 24 heavy (non-hydrogen) atoms. The summed E-state index contributed by atoms with van der Waals surface area (Å²) in [5.41, 5.74) is 0.679. The largest absolute Gasteiger partial charge is 0.501 e. The Hall–Kier alpha value is -2.76. The van der Waals surface area contributed by atoms with E-state index in [9.17, 15) is 19.8 Å². The van der Waals surface area contributed by atoms with Gasteiger partial charge in [-0.3, -0.25) is 0 Å². The van der Waals surface area contributed by atoms with Crippen LogP contribution >= 0.6 is 0 Å². The molecule has 6 heteroatoms. The molecule has 0 amide bonds. The van der Waals surface area contributed by atoms with Crippen molar-refractivity contribution < 1.29 is 29.3 Å². The molecular formula is C18H22O6. The van der Waals surface area contributed by atoms with Gasteiger partial charge >= 0.3 is 11.9 Å². The summed E-state index contributed by atoms with van der Waals surface area (Å²) in [6.45, 7) is 11.1. The van der Waals surface area contributed by atoms with Crippen LogP contribution in [0.2, 0.25) is 0 Å². The van der Waals surface area contributed by atoms with Crippen molar-refractivity contribution in [3.8, 4) is 0 Å². The van der Waals surface area contributed by atoms with Crippen LogP contribution in [0.4, 0.5) is 0 Å². The van der Waals surface area contributed by atoms with E-state index >= 15 is 0 Å². The first kappa shape index (κ1) is 19.3. The van der Waals surface area contributed by atoms with Crippen molar-refractivity contribution in [3.63, 3.8) is 0 Å². The first-order valence-corrected chi connectivity index (χ1v) is 7.43. The van der Waals surface area contributed by atoms with Gasteiger partial charge in [0.1, 0.15) is 0 Å². The van der Waals surface area contributed by atoms with Crippen LogP contribution in [0, 0.1) is 0 Å². The first-order valence-electron chi connectivity index (χ1n) is 7.43. The number of hydrogen-bond acceptors (Lipinski definition) is 4. The maximum Gasteiger partial charge on any atom is 0.336 e. The molecule has 0 bridgehead atoms. The molecule has 6 nitrogen and oxygen atoms in total. The molecule has 1 rings (SSSR count). The van der Waals surface area contributed by atoms with E-state index in [1.54, 1.807) is 13.0 Å². The Morgan fingerprint density at radius 3 is 2.04 bits per heavy atom. The lowest BCUT2D eigenvalue weighted by Crippen LogP contribution is -2.19. The Balaban J connectivity index is 3.54. The minimum atomic E-state index is -1.29. The molecule has 0 saturated carbocycles. The van der Waals surface area contributed by atoms with E-state index in [-0.39, 0.29) is 29.6 Å². The molecule has 1 aromatic carbocycles. The molecule has 0 aliphatic heterocycles. The zero-order chi connectivity index (χ0) is 18.3. The molecule has 1 aromatic rings. The van der Waals surface area contributed by atoms with E-state index in [2.05, 4.69) is 13.2 Å². The van der Waals surface area contributed by atoms with Gasteiger partial charge in [0.25, 0.3) is 0 Å². The summed E-state index contributed by atoms with van der Waals surface area (Å²) >= 11 is 0. The van der Waals surface area contributed by atoms with Crippen LogP contribution in [0.25, 0.3) is 0 Å². The molecule has 0 aliphatic carbocycles. The van der Waals surface area contributed by atoms with E-state index < -0.39 is 11.9 Å². The van der Waals surface area contributed by atoms with E-state index in [1.807, 2.05) is 6.92 Å². The third-order valence-electron chi connectivity index (χ3n) is 3.68. The highest BCUT2D eigenvalue weighted by molar-refractivity contribution is 6.03. The number of carbonyl (C=O) groups is 2. The lowest BCUT2D eigenvalue weighted by Gasteiger charge is -2.23. The third-order valence-corrected chi connectivity index (χ3v) is 3.68. The highest BCUT2D eigenvalue weighted by Crippen LogP contribution is 2.32. The second-order valence-corrected chi connectivity index (χ2v) is 5.40. The topological polar surface area (TPSA) is 93.1 Å². The van der Waals surface area contributed by atoms with Crippen molar-refractivity contribution in [2.45, 2.75) is 25.7 Å². The van der Waals surface area contributed by atoms with Gasteiger partial charge in [0, 0.05) is 11.8 Å². The van der Waals surface area contributed by atoms with Crippen molar-refractivity contribution in [1.82, 2.24) is 0 Å². The van der Waals surface area contributed by atoms with Gasteiger partial charge in [0.15, 0.2) is 0 Å². The number of ether oxygens (including phenoxy) is 2. The minimum Gasteiger partial charge on any atom is -0.501 e. The number of carboxylic acids is 2. The number of aromatic carboxylic acids is 2. The summed E-state index contributed by atoms with van der Waals surface area (Å²) in [6.07, 6.45) is 2.58. The van der Waals surface area contributed by atoms with Crippen LogP contribution in [0.5, 0.6) is 0 Å². The molecule has 0 aliphatic rings. The summed E-state index contributed by atoms with van der Waals surface area (Å²) in [4.78, 5) is 23.2. The molecule has 2 N–H and O–H groups in total. The fourth-order valence-corrected chi connectivity index (χ4v) is 2.60. The van der Waals surface area contributed by atoms with E-state index in [4.69, 9.17) is 9.47 Å². The lowest BCUT2D eigenvalue weighted by molar-refractivity contribution is 0.0649. The zero-order valence-electron chi connectivity index (χ0n) is 13.8. The summed E-state index contributed by atoms with van der Waals surface area (Å²) < 4.78 is 10.4. The van der Waals surface area contributed by atoms with Gasteiger partial charge in [0.2, 0.25) is 0 Å². The fraction of sp³-hybridized carbons (Fsp3) is 0.333. The smallest absolute Gasteiger partial charge is 0.336 e. The Morgan fingerprint density at radius 2 is 1.58 bits per heavy atom. The molecule has 0 saturated heterocycles. The van der Waals surface area contributed by atoms with Gasteiger partial charge in [-0.1, -0.05) is 33.1 Å². The number of rotatable bonds is 10. The Kier molecular flexibility index (Phi) is 7.04. The normalized spacial score (nSPS) is 12.8. The van der Waals surface area contributed by atoms with E-state index in [0.29, 0.717) is 17.7 Å². The standard InChI is InChI=1S/C18H22O6/c1-5-23-9-11(3)13-7-8-14(17(19)20)16(18(21)22)15(13)12(4)10-24-6-2/h5-8,11-12H,1-2,9-10H2,3-4H3,(H,19,20)(H,21,22). The van der Waals surface area contributed by atoms with Crippen LogP contribution < -0.4 is 0 Å². The van der Waals surface area contributed by atoms with Gasteiger partial charge in [-0.15, -0.1) is 0 Å². The molecule has 0 fully saturated rings. The van der Waals surface area contributed by atoms with Crippen LogP contribution in [-0.2, 0) is 9.47 Å². The summed E-state index contributed by atoms with van der Waals surface area (Å²) in [5, 5.41) is 18.9. The summed E-state index contributed by atoms with van der Waals surface area (Å²) in [6, 6.07) is 2.95. The second kappa shape index (κ2) is 8.76. The Bertz CT molecular complexity index is 635. The zero-order valence-corrected chi connectivity index (χ0v) is 13.8. The molecule has 130 valence electrons.